The maximum atomic E-state index is 11.1. The third-order valence-electron chi connectivity index (χ3n) is 1.55. The SMILES string of the molecule is NS(=O)(=O)c1cc(C(=O)O)cc(Br)c1Cl. The van der Waals surface area contributed by atoms with Crippen LogP contribution in [0, 0.1) is 0 Å². The fourth-order valence-corrected chi connectivity index (χ4v) is 2.57. The van der Waals surface area contributed by atoms with E-state index < -0.39 is 20.9 Å². The van der Waals surface area contributed by atoms with Gasteiger partial charge < -0.3 is 5.11 Å². The average Bonchev–Trinajstić information content (AvgIpc) is 2.06. The Morgan fingerprint density at radius 2 is 2.00 bits per heavy atom. The van der Waals surface area contributed by atoms with Crippen LogP contribution in [-0.2, 0) is 10.0 Å². The van der Waals surface area contributed by atoms with Crippen molar-refractivity contribution in [3.63, 3.8) is 0 Å². The van der Waals surface area contributed by atoms with E-state index in [2.05, 4.69) is 15.9 Å². The molecule has 0 aliphatic rings. The van der Waals surface area contributed by atoms with E-state index >= 15 is 0 Å². The van der Waals surface area contributed by atoms with Gasteiger partial charge in [-0.15, -0.1) is 0 Å². The summed E-state index contributed by atoms with van der Waals surface area (Å²) >= 11 is 8.60. The zero-order valence-electron chi connectivity index (χ0n) is 7.07. The molecule has 1 rings (SSSR count). The number of primary sulfonamides is 1. The molecule has 0 fully saturated rings. The van der Waals surface area contributed by atoms with Crippen molar-refractivity contribution in [2.75, 3.05) is 0 Å². The van der Waals surface area contributed by atoms with Gasteiger partial charge in [-0.25, -0.2) is 18.4 Å². The van der Waals surface area contributed by atoms with Crippen molar-refractivity contribution in [2.24, 2.45) is 5.14 Å². The molecule has 0 aliphatic heterocycles. The number of halogens is 2. The molecule has 15 heavy (non-hydrogen) atoms. The van der Waals surface area contributed by atoms with Crippen LogP contribution in [0.1, 0.15) is 10.4 Å². The van der Waals surface area contributed by atoms with E-state index in [1.54, 1.807) is 0 Å². The Hall–Kier alpha value is -0.630. The number of sulfonamides is 1. The number of carbonyl (C=O) groups is 1. The van der Waals surface area contributed by atoms with Crippen molar-refractivity contribution in [3.05, 3.63) is 27.2 Å². The monoisotopic (exact) mass is 313 g/mol. The second kappa shape index (κ2) is 4.09. The predicted molar refractivity (Wildman–Crippen MR) is 57.5 cm³/mol. The van der Waals surface area contributed by atoms with Crippen LogP contribution < -0.4 is 5.14 Å². The van der Waals surface area contributed by atoms with E-state index in [-0.39, 0.29) is 15.1 Å². The van der Waals surface area contributed by atoms with E-state index in [0.29, 0.717) is 0 Å². The smallest absolute Gasteiger partial charge is 0.335 e. The Balaban J connectivity index is 3.59. The van der Waals surface area contributed by atoms with Crippen LogP contribution in [0.15, 0.2) is 21.5 Å². The summed E-state index contributed by atoms with van der Waals surface area (Å²) in [4.78, 5) is 10.2. The Kier molecular flexibility index (Phi) is 3.39. The van der Waals surface area contributed by atoms with Crippen molar-refractivity contribution in [1.29, 1.82) is 0 Å². The molecule has 0 saturated carbocycles. The lowest BCUT2D eigenvalue weighted by Gasteiger charge is -2.05. The van der Waals surface area contributed by atoms with Crippen molar-refractivity contribution in [1.82, 2.24) is 0 Å². The summed E-state index contributed by atoms with van der Waals surface area (Å²) in [6, 6.07) is 2.10. The summed E-state index contributed by atoms with van der Waals surface area (Å²) in [5, 5.41) is 13.4. The highest BCUT2D eigenvalue weighted by Gasteiger charge is 2.18. The number of hydrogen-bond acceptors (Lipinski definition) is 3. The number of benzene rings is 1. The lowest BCUT2D eigenvalue weighted by Crippen LogP contribution is -2.14. The number of nitrogens with two attached hydrogens (primary N) is 1. The molecule has 0 atom stereocenters. The van der Waals surface area contributed by atoms with E-state index in [9.17, 15) is 13.2 Å². The maximum absolute atomic E-state index is 11.1. The first kappa shape index (κ1) is 12.4. The molecular weight excluding hydrogens is 310 g/mol. The van der Waals surface area contributed by atoms with Gasteiger partial charge in [-0.1, -0.05) is 11.6 Å². The number of hydrogen-bond donors (Lipinski definition) is 2. The zero-order valence-corrected chi connectivity index (χ0v) is 10.2. The molecule has 0 saturated heterocycles. The topological polar surface area (TPSA) is 97.5 Å². The minimum absolute atomic E-state index is 0.137. The van der Waals surface area contributed by atoms with Gasteiger partial charge in [-0.3, -0.25) is 0 Å². The van der Waals surface area contributed by atoms with E-state index in [0.717, 1.165) is 6.07 Å². The van der Waals surface area contributed by atoms with Gasteiger partial charge in [0.05, 0.1) is 10.6 Å². The molecule has 0 aromatic heterocycles. The Bertz CT molecular complexity index is 528. The lowest BCUT2D eigenvalue weighted by atomic mass is 10.2. The summed E-state index contributed by atoms with van der Waals surface area (Å²) in [6.45, 7) is 0. The highest BCUT2D eigenvalue weighted by atomic mass is 79.9. The largest absolute Gasteiger partial charge is 0.478 e. The van der Waals surface area contributed by atoms with E-state index in [4.69, 9.17) is 21.8 Å². The van der Waals surface area contributed by atoms with Crippen LogP contribution in [0.2, 0.25) is 5.02 Å². The Labute approximate surface area is 99.0 Å². The van der Waals surface area contributed by atoms with Crippen LogP contribution in [0.3, 0.4) is 0 Å². The van der Waals surface area contributed by atoms with Crippen LogP contribution >= 0.6 is 27.5 Å². The lowest BCUT2D eigenvalue weighted by molar-refractivity contribution is 0.0696. The predicted octanol–water partition coefficient (Wildman–Crippen LogP) is 1.45. The first-order valence-corrected chi connectivity index (χ1v) is 6.20. The van der Waals surface area contributed by atoms with E-state index in [1.807, 2.05) is 0 Å². The molecule has 1 aromatic rings. The summed E-state index contributed by atoms with van der Waals surface area (Å²) in [6.07, 6.45) is 0. The highest BCUT2D eigenvalue weighted by molar-refractivity contribution is 9.10. The fraction of sp³-hybridized carbons (Fsp3) is 0. The number of carboxylic acids is 1. The summed E-state index contributed by atoms with van der Waals surface area (Å²) < 4.78 is 22.3. The first-order valence-electron chi connectivity index (χ1n) is 3.48. The first-order chi connectivity index (χ1) is 6.73. The van der Waals surface area contributed by atoms with Crippen molar-refractivity contribution >= 4 is 43.5 Å². The number of aromatic carboxylic acids is 1. The van der Waals surface area contributed by atoms with Crippen LogP contribution in [0.4, 0.5) is 0 Å². The molecule has 1 aromatic carbocycles. The third kappa shape index (κ3) is 2.69. The molecule has 0 spiro atoms. The summed E-state index contributed by atoms with van der Waals surface area (Å²) in [5.74, 6) is -1.27. The summed E-state index contributed by atoms with van der Waals surface area (Å²) in [5.41, 5.74) is -0.213. The van der Waals surface area contributed by atoms with Gasteiger partial charge in [-0.05, 0) is 28.1 Å². The van der Waals surface area contributed by atoms with Gasteiger partial charge in [0.15, 0.2) is 0 Å². The minimum atomic E-state index is -4.04. The Morgan fingerprint density at radius 1 is 1.47 bits per heavy atom. The number of rotatable bonds is 2. The second-order valence-corrected chi connectivity index (χ2v) is 5.38. The average molecular weight is 315 g/mol. The van der Waals surface area contributed by atoms with Gasteiger partial charge in [-0.2, -0.15) is 0 Å². The molecular formula is C7H5BrClNO4S. The van der Waals surface area contributed by atoms with Crippen molar-refractivity contribution in [2.45, 2.75) is 4.90 Å². The molecule has 82 valence electrons. The zero-order chi connectivity index (χ0) is 11.8. The van der Waals surface area contributed by atoms with Crippen LogP contribution in [-0.4, -0.2) is 19.5 Å². The van der Waals surface area contributed by atoms with Crippen LogP contribution in [0.5, 0.6) is 0 Å². The summed E-state index contributed by atoms with van der Waals surface area (Å²) in [7, 11) is -4.04. The fourth-order valence-electron chi connectivity index (χ4n) is 0.894. The van der Waals surface area contributed by atoms with Crippen molar-refractivity contribution < 1.29 is 18.3 Å². The van der Waals surface area contributed by atoms with E-state index in [1.165, 1.54) is 6.07 Å². The second-order valence-electron chi connectivity index (χ2n) is 2.62. The quantitative estimate of drug-likeness (QED) is 0.863. The maximum Gasteiger partial charge on any atom is 0.335 e. The van der Waals surface area contributed by atoms with Gasteiger partial charge in [0, 0.05) is 4.47 Å². The van der Waals surface area contributed by atoms with Gasteiger partial charge in [0.1, 0.15) is 4.90 Å². The third-order valence-corrected chi connectivity index (χ3v) is 3.86. The highest BCUT2D eigenvalue weighted by Crippen LogP contribution is 2.30. The van der Waals surface area contributed by atoms with Crippen LogP contribution in [0.25, 0.3) is 0 Å². The number of carboxylic acid groups (broad SMARTS) is 1. The minimum Gasteiger partial charge on any atom is -0.478 e. The standard InChI is InChI=1S/C7H5BrClNO4S/c8-4-1-3(7(11)12)2-5(6(4)9)15(10,13)14/h1-2H,(H,11,12)(H2,10,13,14). The Morgan fingerprint density at radius 3 is 2.40 bits per heavy atom. The molecule has 0 bridgehead atoms. The molecule has 8 heteroatoms. The van der Waals surface area contributed by atoms with Gasteiger partial charge in [0.2, 0.25) is 10.0 Å². The molecule has 5 nitrogen and oxygen atoms in total. The molecule has 3 N–H and O–H groups in total. The van der Waals surface area contributed by atoms with Gasteiger partial charge >= 0.3 is 5.97 Å². The normalized spacial score (nSPS) is 11.4. The molecule has 0 radical (unpaired) electrons. The molecule has 0 aliphatic carbocycles. The molecule has 0 heterocycles. The van der Waals surface area contributed by atoms with Gasteiger partial charge in [0.25, 0.3) is 0 Å². The van der Waals surface area contributed by atoms with Crippen molar-refractivity contribution in [3.8, 4) is 0 Å². The molecule has 0 amide bonds. The molecule has 0 unspecified atom stereocenters.